The van der Waals surface area contributed by atoms with Crippen LogP contribution in [0.2, 0.25) is 0 Å². The summed E-state index contributed by atoms with van der Waals surface area (Å²) in [6.45, 7) is 6.25. The van der Waals surface area contributed by atoms with Crippen LogP contribution in [0.25, 0.3) is 0 Å². The fraction of sp³-hybridized carbons (Fsp3) is 0.562. The van der Waals surface area contributed by atoms with Crippen molar-refractivity contribution in [1.82, 2.24) is 4.90 Å². The molecule has 1 unspecified atom stereocenters. The van der Waals surface area contributed by atoms with Crippen LogP contribution in [0.5, 0.6) is 0 Å². The van der Waals surface area contributed by atoms with Crippen LogP contribution in [-0.2, 0) is 4.79 Å². The molecule has 0 N–H and O–H groups in total. The van der Waals surface area contributed by atoms with Crippen molar-refractivity contribution in [2.75, 3.05) is 13.1 Å². The number of piperidine rings is 1. The molecule has 1 aliphatic heterocycles. The molecule has 1 aromatic rings. The highest BCUT2D eigenvalue weighted by atomic mass is 16.1. The van der Waals surface area contributed by atoms with Crippen molar-refractivity contribution in [3.63, 3.8) is 0 Å². The second-order valence-corrected chi connectivity index (χ2v) is 5.55. The first-order chi connectivity index (χ1) is 8.66. The van der Waals surface area contributed by atoms with Gasteiger partial charge in [-0.05, 0) is 44.3 Å². The van der Waals surface area contributed by atoms with Gasteiger partial charge in [0.25, 0.3) is 0 Å². The molecule has 0 aromatic heterocycles. The molecule has 18 heavy (non-hydrogen) atoms. The van der Waals surface area contributed by atoms with E-state index in [-0.39, 0.29) is 11.8 Å². The molecule has 0 spiro atoms. The number of benzene rings is 1. The third-order valence-electron chi connectivity index (χ3n) is 3.92. The molecule has 0 bridgehead atoms. The average molecular weight is 245 g/mol. The number of hydrogen-bond acceptors (Lipinski definition) is 2. The summed E-state index contributed by atoms with van der Waals surface area (Å²) in [4.78, 5) is 14.0. The van der Waals surface area contributed by atoms with Crippen LogP contribution in [0.4, 0.5) is 0 Å². The van der Waals surface area contributed by atoms with E-state index >= 15 is 0 Å². The highest BCUT2D eigenvalue weighted by Crippen LogP contribution is 2.29. The molecule has 0 radical (unpaired) electrons. The van der Waals surface area contributed by atoms with Crippen LogP contribution in [0.1, 0.15) is 44.7 Å². The van der Waals surface area contributed by atoms with Crippen LogP contribution in [0, 0.1) is 5.92 Å². The molecule has 2 nitrogen and oxygen atoms in total. The Labute approximate surface area is 110 Å². The van der Waals surface area contributed by atoms with Gasteiger partial charge in [-0.2, -0.15) is 0 Å². The summed E-state index contributed by atoms with van der Waals surface area (Å²) in [5.74, 6) is 1.11. The molecule has 1 heterocycles. The van der Waals surface area contributed by atoms with Crippen LogP contribution >= 0.6 is 0 Å². The third-order valence-corrected chi connectivity index (χ3v) is 3.92. The quantitative estimate of drug-likeness (QED) is 0.810. The number of carbonyl (C=O) groups is 1. The van der Waals surface area contributed by atoms with Crippen molar-refractivity contribution >= 4 is 5.78 Å². The van der Waals surface area contributed by atoms with Crippen LogP contribution in [0.15, 0.2) is 30.3 Å². The van der Waals surface area contributed by atoms with Gasteiger partial charge in [0.15, 0.2) is 0 Å². The van der Waals surface area contributed by atoms with Gasteiger partial charge in [-0.15, -0.1) is 0 Å². The van der Waals surface area contributed by atoms with E-state index in [0.717, 1.165) is 19.0 Å². The number of rotatable bonds is 4. The van der Waals surface area contributed by atoms with Crippen LogP contribution < -0.4 is 0 Å². The SMILES string of the molecule is CC(=O)CC(c1ccccc1)N1CCC(C)CC1. The Kier molecular flexibility index (Phi) is 4.54. The minimum absolute atomic E-state index is 0.274. The fourth-order valence-corrected chi connectivity index (χ4v) is 2.75. The Bertz CT molecular complexity index is 379. The molecular weight excluding hydrogens is 222 g/mol. The zero-order valence-electron chi connectivity index (χ0n) is 11.4. The molecule has 2 heteroatoms. The van der Waals surface area contributed by atoms with E-state index in [1.54, 1.807) is 6.92 Å². The van der Waals surface area contributed by atoms with E-state index in [1.165, 1.54) is 18.4 Å². The van der Waals surface area contributed by atoms with E-state index in [4.69, 9.17) is 0 Å². The lowest BCUT2D eigenvalue weighted by atomic mass is 9.94. The zero-order chi connectivity index (χ0) is 13.0. The molecule has 1 saturated heterocycles. The summed E-state index contributed by atoms with van der Waals surface area (Å²) >= 11 is 0. The number of nitrogens with zero attached hydrogens (tertiary/aromatic N) is 1. The molecule has 0 amide bonds. The molecule has 1 aliphatic rings. The largest absolute Gasteiger partial charge is 0.300 e. The topological polar surface area (TPSA) is 20.3 Å². The smallest absolute Gasteiger partial charge is 0.131 e. The van der Waals surface area contributed by atoms with E-state index in [2.05, 4.69) is 36.1 Å². The summed E-state index contributed by atoms with van der Waals surface area (Å²) in [5.41, 5.74) is 1.28. The number of likely N-dealkylation sites (tertiary alicyclic amines) is 1. The van der Waals surface area contributed by atoms with Crippen LogP contribution in [-0.4, -0.2) is 23.8 Å². The monoisotopic (exact) mass is 245 g/mol. The molecule has 0 saturated carbocycles. The van der Waals surface area contributed by atoms with Gasteiger partial charge in [0.1, 0.15) is 5.78 Å². The number of ketones is 1. The summed E-state index contributed by atoms with van der Waals surface area (Å²) in [6, 6.07) is 10.7. The van der Waals surface area contributed by atoms with Crippen molar-refractivity contribution in [1.29, 1.82) is 0 Å². The number of carbonyl (C=O) groups excluding carboxylic acids is 1. The lowest BCUT2D eigenvalue weighted by Gasteiger charge is -2.36. The van der Waals surface area contributed by atoms with Crippen LogP contribution in [0.3, 0.4) is 0 Å². The van der Waals surface area contributed by atoms with Gasteiger partial charge in [-0.25, -0.2) is 0 Å². The van der Waals surface area contributed by atoms with Gasteiger partial charge in [-0.1, -0.05) is 37.3 Å². The minimum Gasteiger partial charge on any atom is -0.300 e. The van der Waals surface area contributed by atoms with Gasteiger partial charge in [0.2, 0.25) is 0 Å². The van der Waals surface area contributed by atoms with Gasteiger partial charge < -0.3 is 0 Å². The molecule has 98 valence electrons. The first-order valence-electron chi connectivity index (χ1n) is 6.95. The molecule has 1 aromatic carbocycles. The van der Waals surface area contributed by atoms with E-state index < -0.39 is 0 Å². The normalized spacial score (nSPS) is 19.7. The van der Waals surface area contributed by atoms with Crippen molar-refractivity contribution < 1.29 is 4.79 Å². The van der Waals surface area contributed by atoms with Crippen molar-refractivity contribution in [3.8, 4) is 0 Å². The maximum Gasteiger partial charge on any atom is 0.131 e. The zero-order valence-corrected chi connectivity index (χ0v) is 11.4. The lowest BCUT2D eigenvalue weighted by Crippen LogP contribution is -2.37. The Hall–Kier alpha value is -1.15. The molecule has 1 atom stereocenters. The van der Waals surface area contributed by atoms with Crippen molar-refractivity contribution in [2.45, 2.75) is 39.2 Å². The Morgan fingerprint density at radius 3 is 2.44 bits per heavy atom. The van der Waals surface area contributed by atoms with Crippen molar-refractivity contribution in [3.05, 3.63) is 35.9 Å². The Morgan fingerprint density at radius 2 is 1.89 bits per heavy atom. The minimum atomic E-state index is 0.274. The number of Topliss-reactive ketones (excluding diaryl/α,β-unsaturated/α-hetero) is 1. The summed E-state index contributed by atoms with van der Waals surface area (Å²) in [5, 5.41) is 0. The summed E-state index contributed by atoms with van der Waals surface area (Å²) in [6.07, 6.45) is 3.14. The van der Waals surface area contributed by atoms with E-state index in [0.29, 0.717) is 6.42 Å². The Balaban J connectivity index is 2.12. The van der Waals surface area contributed by atoms with Gasteiger partial charge in [0.05, 0.1) is 0 Å². The first-order valence-corrected chi connectivity index (χ1v) is 6.95. The predicted molar refractivity (Wildman–Crippen MR) is 74.5 cm³/mol. The van der Waals surface area contributed by atoms with Gasteiger partial charge in [0, 0.05) is 12.5 Å². The Morgan fingerprint density at radius 1 is 1.28 bits per heavy atom. The third kappa shape index (κ3) is 3.42. The summed E-state index contributed by atoms with van der Waals surface area (Å²) in [7, 11) is 0. The maximum absolute atomic E-state index is 11.5. The molecular formula is C16H23NO. The highest BCUT2D eigenvalue weighted by molar-refractivity contribution is 5.76. The number of hydrogen-bond donors (Lipinski definition) is 0. The predicted octanol–water partition coefficient (Wildman–Crippen LogP) is 3.44. The second-order valence-electron chi connectivity index (χ2n) is 5.55. The van der Waals surface area contributed by atoms with E-state index in [9.17, 15) is 4.79 Å². The molecule has 0 aliphatic carbocycles. The average Bonchev–Trinajstić information content (AvgIpc) is 2.38. The fourth-order valence-electron chi connectivity index (χ4n) is 2.75. The van der Waals surface area contributed by atoms with Gasteiger partial charge in [-0.3, -0.25) is 9.69 Å². The summed E-state index contributed by atoms with van der Waals surface area (Å²) < 4.78 is 0. The van der Waals surface area contributed by atoms with E-state index in [1.807, 2.05) is 6.07 Å². The molecule has 1 fully saturated rings. The highest BCUT2D eigenvalue weighted by Gasteiger charge is 2.25. The standard InChI is InChI=1S/C16H23NO/c1-13-8-10-17(11-9-13)16(12-14(2)18)15-6-4-3-5-7-15/h3-7,13,16H,8-12H2,1-2H3. The second kappa shape index (κ2) is 6.14. The molecule has 2 rings (SSSR count). The van der Waals surface area contributed by atoms with Crippen molar-refractivity contribution in [2.24, 2.45) is 5.92 Å². The van der Waals surface area contributed by atoms with Gasteiger partial charge >= 0.3 is 0 Å². The lowest BCUT2D eigenvalue weighted by molar-refractivity contribution is -0.118. The maximum atomic E-state index is 11.5. The first kappa shape index (κ1) is 13.3.